The monoisotopic (exact) mass is 583 g/mol. The molecule has 0 unspecified atom stereocenters. The first-order valence-corrected chi connectivity index (χ1v) is 15.2. The van der Waals surface area contributed by atoms with Crippen LogP contribution in [0.3, 0.4) is 0 Å². The maximum Gasteiger partial charge on any atom is 0.264 e. The predicted octanol–water partition coefficient (Wildman–Crippen LogP) is 5.73. The summed E-state index contributed by atoms with van der Waals surface area (Å²) in [4.78, 5) is 29.0. The Balaban J connectivity index is 2.07. The highest BCUT2D eigenvalue weighted by Crippen LogP contribution is 2.29. The fourth-order valence-electron chi connectivity index (χ4n) is 4.48. The molecular formula is C31H38ClN3O4S. The van der Waals surface area contributed by atoms with Crippen molar-refractivity contribution in [3.8, 4) is 0 Å². The number of sulfonamides is 1. The Labute approximate surface area is 243 Å². The van der Waals surface area contributed by atoms with Crippen LogP contribution in [0.2, 0.25) is 5.02 Å². The van der Waals surface area contributed by atoms with E-state index in [1.54, 1.807) is 43.3 Å². The summed E-state index contributed by atoms with van der Waals surface area (Å²) in [5.74, 6) is -0.513. The zero-order chi connectivity index (χ0) is 29.4. The number of benzene rings is 3. The lowest BCUT2D eigenvalue weighted by Crippen LogP contribution is -2.52. The first-order valence-electron chi connectivity index (χ1n) is 13.4. The number of amides is 2. The number of carbonyl (C=O) groups excluding carboxylic acids is 2. The van der Waals surface area contributed by atoms with Gasteiger partial charge in [-0.25, -0.2) is 8.42 Å². The van der Waals surface area contributed by atoms with Crippen molar-refractivity contribution in [2.75, 3.05) is 17.4 Å². The highest BCUT2D eigenvalue weighted by molar-refractivity contribution is 7.92. The summed E-state index contributed by atoms with van der Waals surface area (Å²) in [5, 5.41) is 3.40. The molecule has 0 spiro atoms. The summed E-state index contributed by atoms with van der Waals surface area (Å²) in [5.41, 5.74) is 2.82. The molecule has 0 heterocycles. The number of rotatable bonds is 12. The highest BCUT2D eigenvalue weighted by Gasteiger charge is 2.34. The molecule has 0 radical (unpaired) electrons. The van der Waals surface area contributed by atoms with E-state index < -0.39 is 28.5 Å². The van der Waals surface area contributed by atoms with Gasteiger partial charge in [0.25, 0.3) is 10.0 Å². The first kappa shape index (κ1) is 31.2. The number of halogens is 1. The summed E-state index contributed by atoms with van der Waals surface area (Å²) in [6, 6.07) is 19.8. The molecule has 2 amide bonds. The minimum Gasteiger partial charge on any atom is -0.354 e. The normalized spacial score (nSPS) is 12.2. The van der Waals surface area contributed by atoms with Crippen LogP contribution in [-0.2, 0) is 26.2 Å². The molecule has 3 rings (SSSR count). The zero-order valence-corrected chi connectivity index (χ0v) is 25.3. The molecule has 0 fully saturated rings. The van der Waals surface area contributed by atoms with E-state index >= 15 is 0 Å². The average molecular weight is 584 g/mol. The summed E-state index contributed by atoms with van der Waals surface area (Å²) >= 11 is 6.17. The van der Waals surface area contributed by atoms with Crippen molar-refractivity contribution in [2.24, 2.45) is 5.92 Å². The number of carbonyl (C=O) groups is 2. The smallest absolute Gasteiger partial charge is 0.264 e. The Kier molecular flexibility index (Phi) is 10.8. The van der Waals surface area contributed by atoms with E-state index in [2.05, 4.69) is 5.32 Å². The van der Waals surface area contributed by atoms with Crippen LogP contribution in [0, 0.1) is 19.8 Å². The summed E-state index contributed by atoms with van der Waals surface area (Å²) < 4.78 is 29.0. The fraction of sp³-hybridized carbons (Fsp3) is 0.355. The molecule has 0 aliphatic heterocycles. The lowest BCUT2D eigenvalue weighted by molar-refractivity contribution is -0.140. The van der Waals surface area contributed by atoms with Crippen molar-refractivity contribution >= 4 is 39.1 Å². The van der Waals surface area contributed by atoms with Gasteiger partial charge in [-0.1, -0.05) is 80.4 Å². The van der Waals surface area contributed by atoms with Crippen LogP contribution in [0.15, 0.2) is 77.7 Å². The minimum atomic E-state index is -4.13. The van der Waals surface area contributed by atoms with E-state index in [1.807, 2.05) is 52.0 Å². The predicted molar refractivity (Wildman–Crippen MR) is 161 cm³/mol. The Hall–Kier alpha value is -3.36. The maximum absolute atomic E-state index is 14.1. The third-order valence-corrected chi connectivity index (χ3v) is 8.55. The topological polar surface area (TPSA) is 86.8 Å². The Morgan fingerprint density at radius 2 is 1.65 bits per heavy atom. The Bertz CT molecular complexity index is 1430. The van der Waals surface area contributed by atoms with Gasteiger partial charge in [0, 0.05) is 18.1 Å². The van der Waals surface area contributed by atoms with Gasteiger partial charge >= 0.3 is 0 Å². The first-order chi connectivity index (χ1) is 18.9. The molecule has 0 saturated heterocycles. The second-order valence-corrected chi connectivity index (χ2v) is 12.6. The molecule has 0 aromatic heterocycles. The number of nitrogens with one attached hydrogen (secondary N) is 1. The molecule has 0 aliphatic carbocycles. The van der Waals surface area contributed by atoms with Crippen LogP contribution in [0.4, 0.5) is 5.69 Å². The largest absolute Gasteiger partial charge is 0.354 e. The van der Waals surface area contributed by atoms with Crippen molar-refractivity contribution in [3.63, 3.8) is 0 Å². The highest BCUT2D eigenvalue weighted by atomic mass is 35.5. The lowest BCUT2D eigenvalue weighted by Gasteiger charge is -2.33. The van der Waals surface area contributed by atoms with Crippen LogP contribution < -0.4 is 9.62 Å². The van der Waals surface area contributed by atoms with Crippen molar-refractivity contribution in [3.05, 3.63) is 94.5 Å². The van der Waals surface area contributed by atoms with Gasteiger partial charge in [0.05, 0.1) is 10.6 Å². The second kappa shape index (κ2) is 13.8. The van der Waals surface area contributed by atoms with Crippen molar-refractivity contribution in [1.29, 1.82) is 0 Å². The molecule has 40 heavy (non-hydrogen) atoms. The molecular weight excluding hydrogens is 546 g/mol. The molecule has 214 valence electrons. The van der Waals surface area contributed by atoms with Gasteiger partial charge in [-0.2, -0.15) is 0 Å². The molecule has 9 heteroatoms. The standard InChI is InChI=1S/C31H38ClN3O4S/c1-6-28(31(37)33-19-22(2)3)34(20-25-12-10-11-23(4)17-25)30(36)21-35(29-16-15-26(32)18-24(29)5)40(38,39)27-13-8-7-9-14-27/h7-18,22,28H,6,19-21H2,1-5H3,(H,33,37)/t28-/m1/s1. The minimum absolute atomic E-state index is 0.0594. The van der Waals surface area contributed by atoms with E-state index in [-0.39, 0.29) is 23.3 Å². The lowest BCUT2D eigenvalue weighted by atomic mass is 10.1. The number of nitrogens with zero attached hydrogens (tertiary/aromatic N) is 2. The molecule has 3 aromatic rings. The summed E-state index contributed by atoms with van der Waals surface area (Å²) in [7, 11) is -4.13. The van der Waals surface area contributed by atoms with E-state index in [1.165, 1.54) is 17.0 Å². The molecule has 0 aliphatic rings. The SMILES string of the molecule is CC[C@H](C(=O)NCC(C)C)N(Cc1cccc(C)c1)C(=O)CN(c1ccc(Cl)cc1C)S(=O)(=O)c1ccccc1. The van der Waals surface area contributed by atoms with Crippen LogP contribution in [0.5, 0.6) is 0 Å². The zero-order valence-electron chi connectivity index (χ0n) is 23.7. The van der Waals surface area contributed by atoms with Crippen molar-refractivity contribution < 1.29 is 18.0 Å². The van der Waals surface area contributed by atoms with E-state index in [0.717, 1.165) is 15.4 Å². The Morgan fingerprint density at radius 1 is 0.950 bits per heavy atom. The fourth-order valence-corrected chi connectivity index (χ4v) is 6.21. The van der Waals surface area contributed by atoms with Crippen molar-refractivity contribution in [2.45, 2.75) is 58.5 Å². The number of anilines is 1. The Morgan fingerprint density at radius 3 is 2.25 bits per heavy atom. The summed E-state index contributed by atoms with van der Waals surface area (Å²) in [6.07, 6.45) is 0.368. The third kappa shape index (κ3) is 7.86. The third-order valence-electron chi connectivity index (χ3n) is 6.54. The van der Waals surface area contributed by atoms with Crippen LogP contribution in [0.25, 0.3) is 0 Å². The van der Waals surface area contributed by atoms with Crippen LogP contribution in [0.1, 0.15) is 43.9 Å². The maximum atomic E-state index is 14.1. The second-order valence-electron chi connectivity index (χ2n) is 10.3. The average Bonchev–Trinajstić information content (AvgIpc) is 2.91. The van der Waals surface area contributed by atoms with Crippen molar-refractivity contribution in [1.82, 2.24) is 10.2 Å². The van der Waals surface area contributed by atoms with Gasteiger partial charge in [0.1, 0.15) is 12.6 Å². The van der Waals surface area contributed by atoms with Gasteiger partial charge in [-0.05, 0) is 67.6 Å². The number of hydrogen-bond acceptors (Lipinski definition) is 4. The van der Waals surface area contributed by atoms with Crippen LogP contribution >= 0.6 is 11.6 Å². The quantitative estimate of drug-likeness (QED) is 0.295. The number of hydrogen-bond donors (Lipinski definition) is 1. The molecule has 1 atom stereocenters. The number of aryl methyl sites for hydroxylation is 2. The van der Waals surface area contributed by atoms with Crippen LogP contribution in [-0.4, -0.2) is 44.3 Å². The van der Waals surface area contributed by atoms with E-state index in [0.29, 0.717) is 29.2 Å². The molecule has 0 bridgehead atoms. The van der Waals surface area contributed by atoms with Gasteiger partial charge in [0.2, 0.25) is 11.8 Å². The molecule has 3 aromatic carbocycles. The molecule has 7 nitrogen and oxygen atoms in total. The van der Waals surface area contributed by atoms with Gasteiger partial charge < -0.3 is 10.2 Å². The van der Waals surface area contributed by atoms with Gasteiger partial charge in [-0.15, -0.1) is 0 Å². The summed E-state index contributed by atoms with van der Waals surface area (Å²) in [6.45, 7) is 9.69. The molecule has 1 N–H and O–H groups in total. The van der Waals surface area contributed by atoms with E-state index in [9.17, 15) is 18.0 Å². The van der Waals surface area contributed by atoms with Gasteiger partial charge in [-0.3, -0.25) is 13.9 Å². The van der Waals surface area contributed by atoms with Gasteiger partial charge in [0.15, 0.2) is 0 Å². The molecule has 0 saturated carbocycles. The van der Waals surface area contributed by atoms with E-state index in [4.69, 9.17) is 11.6 Å².